The summed E-state index contributed by atoms with van der Waals surface area (Å²) in [6.07, 6.45) is -2.82. The molecule has 3 aromatic rings. The number of carbonyl (C=O) groups excluding carboxylic acids is 1. The quantitative estimate of drug-likeness (QED) is 0.356. The normalized spacial score (nSPS) is 16.3. The second-order valence-electron chi connectivity index (χ2n) is 9.00. The molecule has 8 nitrogen and oxygen atoms in total. The highest BCUT2D eigenvalue weighted by Gasteiger charge is 2.42. The van der Waals surface area contributed by atoms with E-state index in [4.69, 9.17) is 9.52 Å². The van der Waals surface area contributed by atoms with Crippen LogP contribution in [0.25, 0.3) is 0 Å². The van der Waals surface area contributed by atoms with Crippen molar-refractivity contribution in [3.8, 4) is 11.6 Å². The zero-order valence-corrected chi connectivity index (χ0v) is 21.2. The van der Waals surface area contributed by atoms with E-state index in [1.54, 1.807) is 0 Å². The van der Waals surface area contributed by atoms with Gasteiger partial charge in [0.05, 0.1) is 21.1 Å². The molecule has 38 heavy (non-hydrogen) atoms. The third kappa shape index (κ3) is 5.30. The summed E-state index contributed by atoms with van der Waals surface area (Å²) in [5.74, 6) is -3.44. The summed E-state index contributed by atoms with van der Waals surface area (Å²) in [6.45, 7) is 2.30. The Hall–Kier alpha value is -3.68. The number of hydrogen-bond donors (Lipinski definition) is 2. The maximum atomic E-state index is 15.0. The Morgan fingerprint density at radius 2 is 1.87 bits per heavy atom. The SMILES string of the molecule is Cc1nc(C2(F)CCC2)cc(F)c1Oc1nnc(C(F)(F)F)c(C)c1C(=O)Nc1cccc(S(C)(=N)=O)c1. The van der Waals surface area contributed by atoms with Crippen LogP contribution >= 0.6 is 0 Å². The molecule has 1 unspecified atom stereocenters. The molecule has 1 saturated carbocycles. The monoisotopic (exact) mass is 555 g/mol. The van der Waals surface area contributed by atoms with Crippen molar-refractivity contribution in [1.29, 1.82) is 4.78 Å². The van der Waals surface area contributed by atoms with Gasteiger partial charge >= 0.3 is 6.18 Å². The van der Waals surface area contributed by atoms with E-state index < -0.39 is 61.7 Å². The second kappa shape index (κ2) is 9.57. The summed E-state index contributed by atoms with van der Waals surface area (Å²) in [4.78, 5) is 17.3. The van der Waals surface area contributed by atoms with E-state index in [0.29, 0.717) is 6.42 Å². The molecule has 1 amide bonds. The van der Waals surface area contributed by atoms with Crippen molar-refractivity contribution in [2.45, 2.75) is 49.9 Å². The molecule has 0 aliphatic heterocycles. The molecule has 1 fully saturated rings. The number of rotatable bonds is 6. The van der Waals surface area contributed by atoms with Gasteiger partial charge in [-0.05, 0) is 56.9 Å². The minimum absolute atomic E-state index is 0.0344. The van der Waals surface area contributed by atoms with Gasteiger partial charge in [0.2, 0.25) is 0 Å². The molecule has 4 rings (SSSR count). The molecule has 2 heterocycles. The Labute approximate surface area is 214 Å². The van der Waals surface area contributed by atoms with Crippen molar-refractivity contribution in [2.24, 2.45) is 0 Å². The minimum Gasteiger partial charge on any atom is -0.432 e. The number of benzene rings is 1. The molecular weight excluding hydrogens is 533 g/mol. The smallest absolute Gasteiger partial charge is 0.432 e. The van der Waals surface area contributed by atoms with Crippen molar-refractivity contribution in [3.63, 3.8) is 0 Å². The number of alkyl halides is 4. The largest absolute Gasteiger partial charge is 0.435 e. The van der Waals surface area contributed by atoms with Crippen LogP contribution in [0.5, 0.6) is 11.6 Å². The van der Waals surface area contributed by atoms with Crippen LogP contribution in [0.2, 0.25) is 0 Å². The first-order valence-corrected chi connectivity index (χ1v) is 13.2. The van der Waals surface area contributed by atoms with Gasteiger partial charge in [0.1, 0.15) is 5.56 Å². The number of carbonyl (C=O) groups is 1. The molecule has 1 atom stereocenters. The van der Waals surface area contributed by atoms with Crippen LogP contribution in [-0.4, -0.2) is 31.6 Å². The van der Waals surface area contributed by atoms with E-state index in [2.05, 4.69) is 20.5 Å². The Balaban J connectivity index is 1.76. The van der Waals surface area contributed by atoms with Crippen LogP contribution in [0.1, 0.15) is 52.3 Å². The first-order valence-electron chi connectivity index (χ1n) is 11.2. The molecule has 14 heteroatoms. The van der Waals surface area contributed by atoms with E-state index in [-0.39, 0.29) is 34.8 Å². The highest BCUT2D eigenvalue weighted by molar-refractivity contribution is 7.91. The molecule has 1 aliphatic rings. The summed E-state index contributed by atoms with van der Waals surface area (Å²) >= 11 is 0. The number of aryl methyl sites for hydroxylation is 1. The number of ether oxygens (including phenoxy) is 1. The molecule has 2 N–H and O–H groups in total. The number of amides is 1. The maximum absolute atomic E-state index is 15.0. The number of nitrogens with zero attached hydrogens (tertiary/aromatic N) is 3. The van der Waals surface area contributed by atoms with Crippen LogP contribution in [0.15, 0.2) is 35.2 Å². The van der Waals surface area contributed by atoms with Gasteiger partial charge in [-0.25, -0.2) is 17.8 Å². The molecule has 0 radical (unpaired) electrons. The standard InChI is InChI=1S/C24H22F5N5O3S/c1-12-18(21(35)32-14-6-4-7-15(10-14)38(3,30)36)22(34-33-20(12)24(27,28)29)37-19-13(2)31-17(11-16(19)25)23(26)8-5-9-23/h4,6-7,10-11,30H,5,8-9H2,1-3H3,(H,32,35). The lowest BCUT2D eigenvalue weighted by Crippen LogP contribution is -2.30. The molecule has 1 aliphatic carbocycles. The summed E-state index contributed by atoms with van der Waals surface area (Å²) in [7, 11) is -3.15. The Bertz CT molecular complexity index is 1520. The number of halogens is 5. The second-order valence-corrected chi connectivity index (χ2v) is 11.2. The summed E-state index contributed by atoms with van der Waals surface area (Å²) < 4.78 is 95.6. The van der Waals surface area contributed by atoms with E-state index >= 15 is 0 Å². The number of anilines is 1. The zero-order chi connectivity index (χ0) is 28.0. The predicted octanol–water partition coefficient (Wildman–Crippen LogP) is 6.08. The van der Waals surface area contributed by atoms with Crippen LogP contribution < -0.4 is 10.1 Å². The molecule has 2 aromatic heterocycles. The molecule has 0 bridgehead atoms. The first-order chi connectivity index (χ1) is 17.6. The van der Waals surface area contributed by atoms with Gasteiger partial charge in [-0.1, -0.05) is 6.07 Å². The average molecular weight is 556 g/mol. The summed E-state index contributed by atoms with van der Waals surface area (Å²) in [5.41, 5.74) is -4.75. The van der Waals surface area contributed by atoms with Crippen molar-refractivity contribution in [3.05, 3.63) is 64.4 Å². The van der Waals surface area contributed by atoms with Crippen molar-refractivity contribution in [2.75, 3.05) is 11.6 Å². The van der Waals surface area contributed by atoms with Crippen LogP contribution in [0, 0.1) is 24.4 Å². The third-order valence-corrected chi connectivity index (χ3v) is 7.28. The molecular formula is C24H22F5N5O3S. The molecule has 0 spiro atoms. The highest BCUT2D eigenvalue weighted by atomic mass is 32.2. The minimum atomic E-state index is -4.97. The summed E-state index contributed by atoms with van der Waals surface area (Å²) in [6, 6.07) is 6.27. The number of nitrogens with one attached hydrogen (secondary N) is 2. The van der Waals surface area contributed by atoms with E-state index in [1.807, 2.05) is 0 Å². The fraction of sp³-hybridized carbons (Fsp3) is 0.333. The van der Waals surface area contributed by atoms with Crippen molar-refractivity contribution < 1.29 is 35.7 Å². The van der Waals surface area contributed by atoms with Gasteiger partial charge in [0.25, 0.3) is 11.8 Å². The van der Waals surface area contributed by atoms with E-state index in [1.165, 1.54) is 37.4 Å². The fourth-order valence-corrected chi connectivity index (χ4v) is 4.62. The molecule has 1 aromatic carbocycles. The van der Waals surface area contributed by atoms with Crippen molar-refractivity contribution >= 4 is 21.3 Å². The average Bonchev–Trinajstić information content (AvgIpc) is 2.78. The summed E-state index contributed by atoms with van der Waals surface area (Å²) in [5, 5.41) is 8.91. The Morgan fingerprint density at radius 3 is 2.42 bits per heavy atom. The van der Waals surface area contributed by atoms with Gasteiger partial charge < -0.3 is 10.1 Å². The van der Waals surface area contributed by atoms with Crippen LogP contribution in [0.3, 0.4) is 0 Å². The van der Waals surface area contributed by atoms with Gasteiger partial charge in [-0.2, -0.15) is 13.2 Å². The lowest BCUT2D eigenvalue weighted by atomic mass is 9.79. The van der Waals surface area contributed by atoms with Gasteiger partial charge in [-0.3, -0.25) is 9.78 Å². The number of aromatic nitrogens is 3. The number of hydrogen-bond acceptors (Lipinski definition) is 7. The van der Waals surface area contributed by atoms with E-state index in [0.717, 1.165) is 13.0 Å². The lowest BCUT2D eigenvalue weighted by Gasteiger charge is -2.33. The van der Waals surface area contributed by atoms with E-state index in [9.17, 15) is 31.0 Å². The predicted molar refractivity (Wildman–Crippen MR) is 127 cm³/mol. The highest BCUT2D eigenvalue weighted by Crippen LogP contribution is 2.45. The van der Waals surface area contributed by atoms with Crippen LogP contribution in [0.4, 0.5) is 27.6 Å². The topological polar surface area (TPSA) is 118 Å². The number of pyridine rings is 1. The molecule has 0 saturated heterocycles. The zero-order valence-electron chi connectivity index (χ0n) is 20.4. The van der Waals surface area contributed by atoms with Gasteiger partial charge in [0, 0.05) is 22.9 Å². The van der Waals surface area contributed by atoms with Gasteiger partial charge in [-0.15, -0.1) is 10.2 Å². The first kappa shape index (κ1) is 27.4. The van der Waals surface area contributed by atoms with Crippen molar-refractivity contribution in [1.82, 2.24) is 15.2 Å². The molecule has 202 valence electrons. The Morgan fingerprint density at radius 1 is 1.18 bits per heavy atom. The fourth-order valence-electron chi connectivity index (χ4n) is 3.93. The Kier molecular flexibility index (Phi) is 6.89. The maximum Gasteiger partial charge on any atom is 0.435 e. The van der Waals surface area contributed by atoms with Gasteiger partial charge in [0.15, 0.2) is 22.9 Å². The van der Waals surface area contributed by atoms with Crippen LogP contribution in [-0.2, 0) is 21.6 Å². The third-order valence-electron chi connectivity index (χ3n) is 6.12. The lowest BCUT2D eigenvalue weighted by molar-refractivity contribution is -0.142.